The Morgan fingerprint density at radius 3 is 3.13 bits per heavy atom. The van der Waals surface area contributed by atoms with E-state index in [4.69, 9.17) is 5.73 Å². The normalized spacial score (nSPS) is 21.7. The maximum Gasteiger partial charge on any atom is 0.143 e. The molecule has 0 aromatic carbocycles. The van der Waals surface area contributed by atoms with Crippen LogP contribution in [-0.4, -0.2) is 29.1 Å². The molecule has 1 saturated heterocycles. The molecule has 0 saturated carbocycles. The lowest BCUT2D eigenvalue weighted by molar-refractivity contribution is 0.688. The topological polar surface area (TPSA) is 42.2 Å². The van der Waals surface area contributed by atoms with Gasteiger partial charge in [-0.2, -0.15) is 11.8 Å². The van der Waals surface area contributed by atoms with Gasteiger partial charge >= 0.3 is 0 Å². The first-order valence-electron chi connectivity index (χ1n) is 4.94. The van der Waals surface area contributed by atoms with E-state index in [0.29, 0.717) is 11.7 Å². The van der Waals surface area contributed by atoms with Gasteiger partial charge in [-0.05, 0) is 28.9 Å². The first-order chi connectivity index (χ1) is 7.18. The van der Waals surface area contributed by atoms with Crippen molar-refractivity contribution in [3.05, 3.63) is 16.7 Å². The van der Waals surface area contributed by atoms with Crippen LogP contribution in [0.2, 0.25) is 0 Å². The summed E-state index contributed by atoms with van der Waals surface area (Å²) >= 11 is 5.52. The molecule has 2 rings (SSSR count). The largest absolute Gasteiger partial charge is 0.397 e. The molecule has 1 unspecified atom stereocenters. The molecule has 0 amide bonds. The third kappa shape index (κ3) is 2.39. The highest BCUT2D eigenvalue weighted by Crippen LogP contribution is 2.29. The molecule has 0 spiro atoms. The summed E-state index contributed by atoms with van der Waals surface area (Å²) < 4.78 is 0.987. The fourth-order valence-corrected chi connectivity index (χ4v) is 3.31. The Morgan fingerprint density at radius 2 is 2.47 bits per heavy atom. The predicted molar refractivity (Wildman–Crippen MR) is 70.5 cm³/mol. The minimum Gasteiger partial charge on any atom is -0.397 e. The lowest BCUT2D eigenvalue weighted by Crippen LogP contribution is -2.41. The van der Waals surface area contributed by atoms with Crippen molar-refractivity contribution in [3.63, 3.8) is 0 Å². The second-order valence-corrected chi connectivity index (χ2v) is 5.70. The number of rotatable bonds is 1. The average molecular weight is 288 g/mol. The van der Waals surface area contributed by atoms with Crippen LogP contribution in [0.1, 0.15) is 6.92 Å². The first-order valence-corrected chi connectivity index (χ1v) is 6.88. The number of nitrogens with zero attached hydrogens (tertiary/aromatic N) is 2. The van der Waals surface area contributed by atoms with Gasteiger partial charge < -0.3 is 10.6 Å². The van der Waals surface area contributed by atoms with Gasteiger partial charge in [-0.25, -0.2) is 4.98 Å². The number of aromatic nitrogens is 1. The molecule has 0 bridgehead atoms. The van der Waals surface area contributed by atoms with Crippen LogP contribution in [0.3, 0.4) is 0 Å². The van der Waals surface area contributed by atoms with E-state index < -0.39 is 0 Å². The Kier molecular flexibility index (Phi) is 3.41. The van der Waals surface area contributed by atoms with Gasteiger partial charge in [0, 0.05) is 24.1 Å². The van der Waals surface area contributed by atoms with Gasteiger partial charge in [0.15, 0.2) is 0 Å². The summed E-state index contributed by atoms with van der Waals surface area (Å²) in [7, 11) is 0. The maximum atomic E-state index is 5.68. The zero-order chi connectivity index (χ0) is 10.8. The number of hydrogen-bond acceptors (Lipinski definition) is 4. The van der Waals surface area contributed by atoms with Crippen LogP contribution in [0.15, 0.2) is 16.7 Å². The molecular formula is C10H14BrN3S. The van der Waals surface area contributed by atoms with E-state index in [2.05, 4.69) is 32.7 Å². The summed E-state index contributed by atoms with van der Waals surface area (Å²) in [5, 5.41) is 0. The van der Waals surface area contributed by atoms with Gasteiger partial charge in [-0.3, -0.25) is 0 Å². The van der Waals surface area contributed by atoms with Crippen molar-refractivity contribution >= 4 is 39.2 Å². The highest BCUT2D eigenvalue weighted by Gasteiger charge is 2.21. The number of nitrogen functional groups attached to an aromatic ring is 1. The van der Waals surface area contributed by atoms with E-state index >= 15 is 0 Å². The molecule has 1 aromatic heterocycles. The van der Waals surface area contributed by atoms with Crippen LogP contribution in [0, 0.1) is 0 Å². The highest BCUT2D eigenvalue weighted by molar-refractivity contribution is 9.10. The van der Waals surface area contributed by atoms with Crippen molar-refractivity contribution in [1.29, 1.82) is 0 Å². The molecule has 1 fully saturated rings. The number of anilines is 2. The SMILES string of the molecule is CC1CSCCN1c1ncc(N)cc1Br. The minimum absolute atomic E-state index is 0.538. The summed E-state index contributed by atoms with van der Waals surface area (Å²) in [5.41, 5.74) is 6.38. The van der Waals surface area contributed by atoms with Gasteiger partial charge in [-0.1, -0.05) is 0 Å². The second kappa shape index (κ2) is 4.61. The Balaban J connectivity index is 2.27. The van der Waals surface area contributed by atoms with Crippen molar-refractivity contribution in [1.82, 2.24) is 4.98 Å². The van der Waals surface area contributed by atoms with Crippen molar-refractivity contribution in [2.24, 2.45) is 0 Å². The summed E-state index contributed by atoms with van der Waals surface area (Å²) in [6.45, 7) is 3.29. The molecule has 15 heavy (non-hydrogen) atoms. The molecule has 0 aliphatic carbocycles. The Labute approximate surface area is 103 Å². The van der Waals surface area contributed by atoms with Crippen LogP contribution in [0.25, 0.3) is 0 Å². The molecule has 1 aromatic rings. The fraction of sp³-hybridized carbons (Fsp3) is 0.500. The van der Waals surface area contributed by atoms with Crippen molar-refractivity contribution in [2.75, 3.05) is 28.7 Å². The van der Waals surface area contributed by atoms with Gasteiger partial charge in [0.2, 0.25) is 0 Å². The lowest BCUT2D eigenvalue weighted by Gasteiger charge is -2.34. The second-order valence-electron chi connectivity index (χ2n) is 3.69. The van der Waals surface area contributed by atoms with E-state index in [1.54, 1.807) is 6.20 Å². The summed E-state index contributed by atoms with van der Waals surface area (Å²) in [6.07, 6.45) is 1.72. The van der Waals surface area contributed by atoms with E-state index in [0.717, 1.165) is 16.8 Å². The molecular weight excluding hydrogens is 274 g/mol. The lowest BCUT2D eigenvalue weighted by atomic mass is 10.3. The van der Waals surface area contributed by atoms with Crippen molar-refractivity contribution in [2.45, 2.75) is 13.0 Å². The Hall–Kier alpha value is -0.420. The van der Waals surface area contributed by atoms with E-state index in [9.17, 15) is 0 Å². The molecule has 1 aliphatic rings. The fourth-order valence-electron chi connectivity index (χ4n) is 1.70. The van der Waals surface area contributed by atoms with Gasteiger partial charge in [-0.15, -0.1) is 0 Å². The van der Waals surface area contributed by atoms with Gasteiger partial charge in [0.05, 0.1) is 16.4 Å². The summed E-state index contributed by atoms with van der Waals surface area (Å²) in [6, 6.07) is 2.45. The molecule has 2 N–H and O–H groups in total. The van der Waals surface area contributed by atoms with Crippen LogP contribution in [0.5, 0.6) is 0 Å². The van der Waals surface area contributed by atoms with Crippen LogP contribution in [-0.2, 0) is 0 Å². The Bertz CT molecular complexity index is 359. The van der Waals surface area contributed by atoms with E-state index in [1.807, 2.05) is 17.8 Å². The zero-order valence-corrected chi connectivity index (χ0v) is 11.0. The summed E-state index contributed by atoms with van der Waals surface area (Å²) in [5.74, 6) is 3.35. The third-order valence-corrected chi connectivity index (χ3v) is 4.26. The van der Waals surface area contributed by atoms with E-state index in [1.165, 1.54) is 11.5 Å². The maximum absolute atomic E-state index is 5.68. The number of thioether (sulfide) groups is 1. The van der Waals surface area contributed by atoms with Crippen molar-refractivity contribution in [3.8, 4) is 0 Å². The van der Waals surface area contributed by atoms with Crippen LogP contribution < -0.4 is 10.6 Å². The van der Waals surface area contributed by atoms with Crippen LogP contribution >= 0.6 is 27.7 Å². The van der Waals surface area contributed by atoms with Crippen molar-refractivity contribution < 1.29 is 0 Å². The monoisotopic (exact) mass is 287 g/mol. The standard InChI is InChI=1S/C10H14BrN3S/c1-7-6-15-3-2-14(7)10-9(11)4-8(12)5-13-10/h4-5,7H,2-3,6,12H2,1H3. The molecule has 0 radical (unpaired) electrons. The predicted octanol–water partition coefficient (Wildman–Crippen LogP) is 2.37. The van der Waals surface area contributed by atoms with Gasteiger partial charge in [0.1, 0.15) is 5.82 Å². The number of halogens is 1. The molecule has 1 atom stereocenters. The quantitative estimate of drug-likeness (QED) is 0.861. The molecule has 5 heteroatoms. The van der Waals surface area contributed by atoms with Gasteiger partial charge in [0.25, 0.3) is 0 Å². The third-order valence-electron chi connectivity index (χ3n) is 2.48. The Morgan fingerprint density at radius 1 is 1.67 bits per heavy atom. The minimum atomic E-state index is 0.538. The molecule has 1 aliphatic heterocycles. The number of hydrogen-bond donors (Lipinski definition) is 1. The zero-order valence-electron chi connectivity index (χ0n) is 8.61. The highest BCUT2D eigenvalue weighted by atomic mass is 79.9. The molecule has 82 valence electrons. The van der Waals surface area contributed by atoms with Crippen LogP contribution in [0.4, 0.5) is 11.5 Å². The van der Waals surface area contributed by atoms with E-state index in [-0.39, 0.29) is 0 Å². The molecule has 3 nitrogen and oxygen atoms in total. The average Bonchev–Trinajstić information content (AvgIpc) is 2.20. The first kappa shape index (κ1) is 11.1. The summed E-state index contributed by atoms with van der Waals surface area (Å²) in [4.78, 5) is 6.73. The molecule has 2 heterocycles. The smallest absolute Gasteiger partial charge is 0.143 e. The number of nitrogens with two attached hydrogens (primary N) is 1. The number of pyridine rings is 1.